The highest BCUT2D eigenvalue weighted by Gasteiger charge is 2.18. The van der Waals surface area contributed by atoms with Gasteiger partial charge in [-0.1, -0.05) is 0 Å². The Morgan fingerprint density at radius 2 is 2.07 bits per heavy atom. The molecule has 5 heteroatoms. The Kier molecular flexibility index (Phi) is 5.74. The summed E-state index contributed by atoms with van der Waals surface area (Å²) in [4.78, 5) is 1.97. The Hall–Kier alpha value is 0.0300. The van der Waals surface area contributed by atoms with Crippen molar-refractivity contribution in [3.63, 3.8) is 0 Å². The van der Waals surface area contributed by atoms with E-state index >= 15 is 0 Å². The van der Waals surface area contributed by atoms with Crippen LogP contribution in [-0.2, 0) is 10.8 Å². The molecule has 1 rings (SSSR count). The van der Waals surface area contributed by atoms with Crippen LogP contribution in [0.1, 0.15) is 12.8 Å². The number of nitrogens with one attached hydrogen (secondary N) is 1. The maximum Gasteiger partial charge on any atom is 0.0791 e. The standard InChI is InChI=1S/C10H22N2O2S/c1-12(2)8-10(13)7-11-9-3-5-15(14)6-4-9/h9-11,13H,3-8H2,1-2H3. The first-order valence-corrected chi connectivity index (χ1v) is 6.98. The smallest absolute Gasteiger partial charge is 0.0791 e. The van der Waals surface area contributed by atoms with Crippen LogP contribution in [0.25, 0.3) is 0 Å². The van der Waals surface area contributed by atoms with Crippen LogP contribution in [0, 0.1) is 0 Å². The van der Waals surface area contributed by atoms with E-state index in [9.17, 15) is 9.32 Å². The third-order valence-corrected chi connectivity index (χ3v) is 3.99. The number of hydrogen-bond donors (Lipinski definition) is 2. The molecule has 0 bridgehead atoms. The van der Waals surface area contributed by atoms with Gasteiger partial charge >= 0.3 is 0 Å². The van der Waals surface area contributed by atoms with Crippen LogP contribution in [0.3, 0.4) is 0 Å². The second-order valence-corrected chi connectivity index (χ2v) is 6.14. The van der Waals surface area contributed by atoms with Gasteiger partial charge in [-0.15, -0.1) is 0 Å². The van der Waals surface area contributed by atoms with Gasteiger partial charge < -0.3 is 15.3 Å². The summed E-state index contributed by atoms with van der Waals surface area (Å²) in [7, 11) is 3.31. The molecule has 4 nitrogen and oxygen atoms in total. The van der Waals surface area contributed by atoms with Gasteiger partial charge in [0.05, 0.1) is 6.10 Å². The number of nitrogens with zero attached hydrogens (tertiary/aromatic N) is 1. The summed E-state index contributed by atoms with van der Waals surface area (Å²) in [6.45, 7) is 1.32. The zero-order valence-corrected chi connectivity index (χ0v) is 10.4. The summed E-state index contributed by atoms with van der Waals surface area (Å²) in [6.07, 6.45) is 1.63. The highest BCUT2D eigenvalue weighted by atomic mass is 32.2. The highest BCUT2D eigenvalue weighted by Crippen LogP contribution is 2.08. The van der Waals surface area contributed by atoms with Gasteiger partial charge in [-0.3, -0.25) is 4.21 Å². The second-order valence-electron chi connectivity index (χ2n) is 4.45. The molecule has 1 aliphatic rings. The normalized spacial score (nSPS) is 29.3. The van der Waals surface area contributed by atoms with E-state index in [2.05, 4.69) is 5.32 Å². The number of rotatable bonds is 5. The zero-order chi connectivity index (χ0) is 11.3. The predicted octanol–water partition coefficient (Wildman–Crippen LogP) is -0.590. The fourth-order valence-electron chi connectivity index (χ4n) is 1.79. The molecule has 0 aromatic rings. The SMILES string of the molecule is CN(C)CC(O)CNC1CCS(=O)CC1. The number of aliphatic hydroxyl groups excluding tert-OH is 1. The van der Waals surface area contributed by atoms with Crippen molar-refractivity contribution in [3.05, 3.63) is 0 Å². The molecule has 0 spiro atoms. The van der Waals surface area contributed by atoms with Crippen LogP contribution in [-0.4, -0.2) is 65.1 Å². The topological polar surface area (TPSA) is 52.6 Å². The molecule has 90 valence electrons. The van der Waals surface area contributed by atoms with E-state index < -0.39 is 10.8 Å². The zero-order valence-electron chi connectivity index (χ0n) is 9.61. The minimum absolute atomic E-state index is 0.313. The Morgan fingerprint density at radius 3 is 2.60 bits per heavy atom. The summed E-state index contributed by atoms with van der Waals surface area (Å²) >= 11 is 0. The number of hydrogen-bond acceptors (Lipinski definition) is 4. The van der Waals surface area contributed by atoms with Crippen molar-refractivity contribution >= 4 is 10.8 Å². The van der Waals surface area contributed by atoms with Crippen LogP contribution in [0.15, 0.2) is 0 Å². The van der Waals surface area contributed by atoms with E-state index in [4.69, 9.17) is 0 Å². The van der Waals surface area contributed by atoms with Gasteiger partial charge in [0.1, 0.15) is 0 Å². The van der Waals surface area contributed by atoms with Gasteiger partial charge in [-0.25, -0.2) is 0 Å². The molecule has 15 heavy (non-hydrogen) atoms. The molecule has 2 N–H and O–H groups in total. The number of likely N-dealkylation sites (N-methyl/N-ethyl adjacent to an activating group) is 1. The van der Waals surface area contributed by atoms with Crippen molar-refractivity contribution < 1.29 is 9.32 Å². The predicted molar refractivity (Wildman–Crippen MR) is 63.5 cm³/mol. The summed E-state index contributed by atoms with van der Waals surface area (Å²) < 4.78 is 11.1. The van der Waals surface area contributed by atoms with Crippen molar-refractivity contribution in [1.82, 2.24) is 10.2 Å². The van der Waals surface area contributed by atoms with Crippen LogP contribution in [0.2, 0.25) is 0 Å². The van der Waals surface area contributed by atoms with Gasteiger partial charge in [0.15, 0.2) is 0 Å². The average molecular weight is 234 g/mol. The highest BCUT2D eigenvalue weighted by molar-refractivity contribution is 7.85. The molecule has 0 amide bonds. The lowest BCUT2D eigenvalue weighted by molar-refractivity contribution is 0.131. The fraction of sp³-hybridized carbons (Fsp3) is 1.00. The van der Waals surface area contributed by atoms with Gasteiger partial charge in [0, 0.05) is 41.4 Å². The summed E-state index contributed by atoms with van der Waals surface area (Å²) in [5, 5.41) is 13.0. The van der Waals surface area contributed by atoms with Crippen molar-refractivity contribution in [2.45, 2.75) is 25.0 Å². The molecule has 0 saturated carbocycles. The summed E-state index contributed by atoms with van der Waals surface area (Å²) in [6, 6.07) is 0.444. The van der Waals surface area contributed by atoms with Crippen molar-refractivity contribution in [2.24, 2.45) is 0 Å². The lowest BCUT2D eigenvalue weighted by atomic mass is 10.1. The average Bonchev–Trinajstić information content (AvgIpc) is 2.16. The first-order valence-electron chi connectivity index (χ1n) is 5.49. The molecule has 1 heterocycles. The van der Waals surface area contributed by atoms with E-state index in [1.807, 2.05) is 19.0 Å². The third-order valence-electron chi connectivity index (χ3n) is 2.61. The molecule has 1 aliphatic heterocycles. The third kappa shape index (κ3) is 5.61. The van der Waals surface area contributed by atoms with Crippen LogP contribution < -0.4 is 5.32 Å². The van der Waals surface area contributed by atoms with Crippen LogP contribution in [0.4, 0.5) is 0 Å². The Bertz CT molecular complexity index is 202. The van der Waals surface area contributed by atoms with Gasteiger partial charge in [0.2, 0.25) is 0 Å². The first-order chi connectivity index (χ1) is 7.08. The van der Waals surface area contributed by atoms with Crippen molar-refractivity contribution in [3.8, 4) is 0 Å². The van der Waals surface area contributed by atoms with Crippen LogP contribution >= 0.6 is 0 Å². The molecule has 1 unspecified atom stereocenters. The first kappa shape index (κ1) is 13.1. The van der Waals surface area contributed by atoms with Crippen molar-refractivity contribution in [2.75, 3.05) is 38.7 Å². The van der Waals surface area contributed by atoms with E-state index in [1.54, 1.807) is 0 Å². The van der Waals surface area contributed by atoms with Crippen LogP contribution in [0.5, 0.6) is 0 Å². The molecule has 1 atom stereocenters. The maximum absolute atomic E-state index is 11.1. The van der Waals surface area contributed by atoms with E-state index in [0.717, 1.165) is 24.3 Å². The molecule has 0 aromatic heterocycles. The second kappa shape index (κ2) is 6.58. The molecular formula is C10H22N2O2S. The van der Waals surface area contributed by atoms with E-state index in [1.165, 1.54) is 0 Å². The quantitative estimate of drug-likeness (QED) is 0.668. The monoisotopic (exact) mass is 234 g/mol. The number of aliphatic hydroxyl groups is 1. The maximum atomic E-state index is 11.1. The Morgan fingerprint density at radius 1 is 1.47 bits per heavy atom. The molecule has 1 saturated heterocycles. The minimum Gasteiger partial charge on any atom is -0.390 e. The van der Waals surface area contributed by atoms with Gasteiger partial charge in [0.25, 0.3) is 0 Å². The largest absolute Gasteiger partial charge is 0.390 e. The summed E-state index contributed by atoms with van der Waals surface area (Å²) in [5.74, 6) is 1.61. The van der Waals surface area contributed by atoms with E-state index in [-0.39, 0.29) is 6.10 Å². The Labute approximate surface area is 94.5 Å². The molecule has 0 radical (unpaired) electrons. The van der Waals surface area contributed by atoms with Crippen molar-refractivity contribution in [1.29, 1.82) is 0 Å². The van der Waals surface area contributed by atoms with Gasteiger partial charge in [-0.05, 0) is 26.9 Å². The lowest BCUT2D eigenvalue weighted by Gasteiger charge is -2.24. The lowest BCUT2D eigenvalue weighted by Crippen LogP contribution is -2.42. The molecule has 1 fully saturated rings. The molecule has 0 aliphatic carbocycles. The molecule has 0 aromatic carbocycles. The fourth-order valence-corrected chi connectivity index (χ4v) is 3.09. The van der Waals surface area contributed by atoms with Gasteiger partial charge in [-0.2, -0.15) is 0 Å². The minimum atomic E-state index is -0.595. The molecular weight excluding hydrogens is 212 g/mol. The summed E-state index contributed by atoms with van der Waals surface area (Å²) in [5.41, 5.74) is 0. The Balaban J connectivity index is 2.11. The van der Waals surface area contributed by atoms with E-state index in [0.29, 0.717) is 19.1 Å².